The molecule has 0 aliphatic carbocycles. The van der Waals surface area contributed by atoms with Crippen molar-refractivity contribution in [2.24, 2.45) is 10.2 Å². The summed E-state index contributed by atoms with van der Waals surface area (Å²) in [5, 5.41) is 14.7. The molecule has 0 saturated carbocycles. The van der Waals surface area contributed by atoms with Crippen LogP contribution in [0.5, 0.6) is 0 Å². The first-order valence-corrected chi connectivity index (χ1v) is 6.62. The van der Waals surface area contributed by atoms with Crippen LogP contribution in [0, 0.1) is 26.2 Å². The lowest BCUT2D eigenvalue weighted by Gasteiger charge is -2.09. The molecule has 1 aliphatic rings. The molecule has 2 rings (SSSR count). The van der Waals surface area contributed by atoms with E-state index >= 15 is 0 Å². The minimum absolute atomic E-state index is 0.0256. The van der Waals surface area contributed by atoms with Crippen molar-refractivity contribution in [3.05, 3.63) is 17.0 Å². The van der Waals surface area contributed by atoms with E-state index in [2.05, 4.69) is 26.6 Å². The van der Waals surface area contributed by atoms with Gasteiger partial charge in [0.15, 0.2) is 5.66 Å². The summed E-state index contributed by atoms with van der Waals surface area (Å²) in [6.07, 6.45) is 7.58. The molecule has 106 valence electrons. The second-order valence-electron chi connectivity index (χ2n) is 4.97. The lowest BCUT2D eigenvalue weighted by Crippen LogP contribution is -2.25. The largest absolute Gasteiger partial charge is 0.361 e. The number of rotatable bonds is 7. The minimum atomic E-state index is -0.396. The fourth-order valence-corrected chi connectivity index (χ4v) is 2.01. The standard InChI is InChI=1S/C14H18N4O2/c1-4-5-7-14(17-18-14)8-6-13(19)15-9-12-10(2)16-20-11(12)3/h1H,5-9H2,2-3H3,(H,15,19). The van der Waals surface area contributed by atoms with Crippen LogP contribution < -0.4 is 5.32 Å². The van der Waals surface area contributed by atoms with Crippen molar-refractivity contribution in [1.29, 1.82) is 0 Å². The number of hydrogen-bond acceptors (Lipinski definition) is 5. The van der Waals surface area contributed by atoms with Crippen molar-refractivity contribution in [1.82, 2.24) is 10.5 Å². The Morgan fingerprint density at radius 1 is 1.40 bits per heavy atom. The van der Waals surface area contributed by atoms with Crippen LogP contribution in [0.1, 0.15) is 42.7 Å². The second-order valence-corrected chi connectivity index (χ2v) is 4.97. The summed E-state index contributed by atoms with van der Waals surface area (Å²) in [4.78, 5) is 11.8. The van der Waals surface area contributed by atoms with Crippen molar-refractivity contribution >= 4 is 5.91 Å². The average Bonchev–Trinajstić information content (AvgIpc) is 3.14. The SMILES string of the molecule is C#CCCC1(CCC(=O)NCc2c(C)noc2C)N=N1. The van der Waals surface area contributed by atoms with Gasteiger partial charge in [-0.3, -0.25) is 4.79 Å². The second kappa shape index (κ2) is 5.87. The van der Waals surface area contributed by atoms with Crippen molar-refractivity contribution < 1.29 is 9.32 Å². The highest BCUT2D eigenvalue weighted by Crippen LogP contribution is 2.37. The van der Waals surface area contributed by atoms with E-state index in [1.54, 1.807) is 0 Å². The number of carbonyl (C=O) groups is 1. The third-order valence-corrected chi connectivity index (χ3v) is 3.45. The molecule has 0 unspecified atom stereocenters. The van der Waals surface area contributed by atoms with Gasteiger partial charge in [0.05, 0.1) is 5.69 Å². The van der Waals surface area contributed by atoms with Crippen LogP contribution in [0.2, 0.25) is 0 Å². The van der Waals surface area contributed by atoms with Crippen LogP contribution >= 0.6 is 0 Å². The van der Waals surface area contributed by atoms with E-state index < -0.39 is 5.66 Å². The molecule has 20 heavy (non-hydrogen) atoms. The highest BCUT2D eigenvalue weighted by Gasteiger charge is 2.39. The average molecular weight is 274 g/mol. The number of hydrogen-bond donors (Lipinski definition) is 1. The topological polar surface area (TPSA) is 79.9 Å². The Kier molecular flexibility index (Phi) is 4.18. The molecule has 0 saturated heterocycles. The monoisotopic (exact) mass is 274 g/mol. The first kappa shape index (κ1) is 14.3. The molecular formula is C14H18N4O2. The van der Waals surface area contributed by atoms with Gasteiger partial charge in [0, 0.05) is 37.8 Å². The molecule has 1 aromatic rings. The van der Waals surface area contributed by atoms with Gasteiger partial charge in [0.2, 0.25) is 5.91 Å². The van der Waals surface area contributed by atoms with E-state index in [9.17, 15) is 4.79 Å². The number of terminal acetylenes is 1. The summed E-state index contributed by atoms with van der Waals surface area (Å²) in [6, 6.07) is 0. The Bertz CT molecular complexity index is 543. The number of aryl methyl sites for hydroxylation is 2. The molecule has 0 radical (unpaired) electrons. The number of amides is 1. The molecule has 1 amide bonds. The quantitative estimate of drug-likeness (QED) is 0.774. The van der Waals surface area contributed by atoms with Crippen LogP contribution in [0.4, 0.5) is 0 Å². The van der Waals surface area contributed by atoms with Crippen molar-refractivity contribution in [3.63, 3.8) is 0 Å². The highest BCUT2D eigenvalue weighted by atomic mass is 16.5. The van der Waals surface area contributed by atoms with Gasteiger partial charge in [0.1, 0.15) is 5.76 Å². The van der Waals surface area contributed by atoms with E-state index in [1.807, 2.05) is 13.8 Å². The summed E-state index contributed by atoms with van der Waals surface area (Å²) >= 11 is 0. The number of nitrogens with one attached hydrogen (secondary N) is 1. The van der Waals surface area contributed by atoms with Crippen LogP contribution in [0.3, 0.4) is 0 Å². The molecule has 0 aromatic carbocycles. The normalized spacial score (nSPS) is 14.8. The fourth-order valence-electron chi connectivity index (χ4n) is 2.01. The van der Waals surface area contributed by atoms with E-state index in [-0.39, 0.29) is 5.91 Å². The molecule has 1 N–H and O–H groups in total. The lowest BCUT2D eigenvalue weighted by molar-refractivity contribution is -0.121. The van der Waals surface area contributed by atoms with Gasteiger partial charge in [-0.25, -0.2) is 0 Å². The summed E-state index contributed by atoms with van der Waals surface area (Å²) in [5.74, 6) is 3.28. The maximum atomic E-state index is 11.8. The first-order chi connectivity index (χ1) is 9.56. The van der Waals surface area contributed by atoms with Gasteiger partial charge in [-0.1, -0.05) is 5.16 Å². The van der Waals surface area contributed by atoms with Crippen molar-refractivity contribution in [2.75, 3.05) is 0 Å². The highest BCUT2D eigenvalue weighted by molar-refractivity contribution is 5.76. The van der Waals surface area contributed by atoms with E-state index in [1.165, 1.54) is 0 Å². The third-order valence-electron chi connectivity index (χ3n) is 3.45. The van der Waals surface area contributed by atoms with Crippen LogP contribution in [0.15, 0.2) is 14.8 Å². The van der Waals surface area contributed by atoms with Gasteiger partial charge in [0.25, 0.3) is 0 Å². The molecule has 0 spiro atoms. The van der Waals surface area contributed by atoms with Crippen molar-refractivity contribution in [2.45, 2.75) is 51.7 Å². The van der Waals surface area contributed by atoms with E-state index in [4.69, 9.17) is 10.9 Å². The molecule has 1 aliphatic heterocycles. The van der Waals surface area contributed by atoms with E-state index in [0.717, 1.165) is 23.4 Å². The Balaban J connectivity index is 1.73. The molecule has 2 heterocycles. The molecule has 0 bridgehead atoms. The van der Waals surface area contributed by atoms with Gasteiger partial charge in [-0.2, -0.15) is 10.2 Å². The lowest BCUT2D eigenvalue weighted by atomic mass is 10.0. The Morgan fingerprint density at radius 3 is 2.70 bits per heavy atom. The Hall–Kier alpha value is -2.16. The molecule has 0 fully saturated rings. The molecule has 0 atom stereocenters. The summed E-state index contributed by atoms with van der Waals surface area (Å²) in [6.45, 7) is 4.12. The third kappa shape index (κ3) is 3.44. The summed E-state index contributed by atoms with van der Waals surface area (Å²) in [5.41, 5.74) is 1.34. The summed E-state index contributed by atoms with van der Waals surface area (Å²) < 4.78 is 5.05. The van der Waals surface area contributed by atoms with E-state index in [0.29, 0.717) is 25.8 Å². The molecule has 6 nitrogen and oxygen atoms in total. The molecule has 6 heteroatoms. The molecule has 1 aromatic heterocycles. The Labute approximate surface area is 118 Å². The summed E-state index contributed by atoms with van der Waals surface area (Å²) in [7, 11) is 0. The molecular weight excluding hydrogens is 256 g/mol. The maximum Gasteiger partial charge on any atom is 0.220 e. The number of aromatic nitrogens is 1. The number of carbonyl (C=O) groups excluding carboxylic acids is 1. The fraction of sp³-hybridized carbons (Fsp3) is 0.571. The Morgan fingerprint density at radius 2 is 2.15 bits per heavy atom. The van der Waals surface area contributed by atoms with Crippen molar-refractivity contribution in [3.8, 4) is 12.3 Å². The maximum absolute atomic E-state index is 11.8. The zero-order chi connectivity index (χ0) is 14.6. The van der Waals surface area contributed by atoms with Gasteiger partial charge < -0.3 is 9.84 Å². The van der Waals surface area contributed by atoms with Crippen LogP contribution in [-0.2, 0) is 11.3 Å². The first-order valence-electron chi connectivity index (χ1n) is 6.62. The zero-order valence-electron chi connectivity index (χ0n) is 11.8. The van der Waals surface area contributed by atoms with Crippen LogP contribution in [-0.4, -0.2) is 16.7 Å². The predicted octanol–water partition coefficient (Wildman–Crippen LogP) is 2.26. The van der Waals surface area contributed by atoms with Gasteiger partial charge in [-0.15, -0.1) is 12.3 Å². The minimum Gasteiger partial charge on any atom is -0.361 e. The predicted molar refractivity (Wildman–Crippen MR) is 72.7 cm³/mol. The van der Waals surface area contributed by atoms with Gasteiger partial charge >= 0.3 is 0 Å². The smallest absolute Gasteiger partial charge is 0.220 e. The number of nitrogens with zero attached hydrogens (tertiary/aromatic N) is 3. The zero-order valence-corrected chi connectivity index (χ0v) is 11.8. The van der Waals surface area contributed by atoms with Crippen LogP contribution in [0.25, 0.3) is 0 Å². The van der Waals surface area contributed by atoms with Gasteiger partial charge in [-0.05, 0) is 13.8 Å².